The number of benzene rings is 2. The Bertz CT molecular complexity index is 826. The molecule has 0 spiro atoms. The molecule has 6 nitrogen and oxygen atoms in total. The highest BCUT2D eigenvalue weighted by Crippen LogP contribution is 2.33. The fourth-order valence-corrected chi connectivity index (χ4v) is 2.99. The van der Waals surface area contributed by atoms with E-state index in [0.29, 0.717) is 26.7 Å². The number of ether oxygens (including phenoxy) is 2. The molecule has 0 saturated carbocycles. The topological polar surface area (TPSA) is 86.3 Å². The number of hydrogen-bond acceptors (Lipinski definition) is 6. The van der Waals surface area contributed by atoms with Gasteiger partial charge in [-0.2, -0.15) is 5.10 Å². The van der Waals surface area contributed by atoms with Gasteiger partial charge in [0.2, 0.25) is 0 Å². The van der Waals surface area contributed by atoms with E-state index in [0.717, 1.165) is 11.3 Å². The van der Waals surface area contributed by atoms with Crippen molar-refractivity contribution in [2.45, 2.75) is 12.7 Å². The second-order valence-corrected chi connectivity index (χ2v) is 6.93. The lowest BCUT2D eigenvalue weighted by Gasteiger charge is -2.09. The summed E-state index contributed by atoms with van der Waals surface area (Å²) in [4.78, 5) is 11.1. The van der Waals surface area contributed by atoms with Gasteiger partial charge in [0, 0.05) is 22.7 Å². The highest BCUT2D eigenvalue weighted by Gasteiger charge is 2.11. The van der Waals surface area contributed by atoms with Crippen LogP contribution in [0.3, 0.4) is 0 Å². The molecule has 2 N–H and O–H groups in total. The van der Waals surface area contributed by atoms with E-state index in [9.17, 15) is 4.79 Å². The zero-order valence-corrected chi connectivity index (χ0v) is 16.7. The van der Waals surface area contributed by atoms with E-state index >= 15 is 0 Å². The molecule has 0 radical (unpaired) electrons. The zero-order valence-electron chi connectivity index (χ0n) is 14.3. The predicted molar refractivity (Wildman–Crippen MR) is 109 cm³/mol. The summed E-state index contributed by atoms with van der Waals surface area (Å²) in [5.41, 5.74) is 7.73. The van der Waals surface area contributed by atoms with Gasteiger partial charge in [-0.05, 0) is 33.6 Å². The molecule has 0 heterocycles. The van der Waals surface area contributed by atoms with Gasteiger partial charge in [0.05, 0.1) is 13.3 Å². The molecule has 0 aromatic heterocycles. The van der Waals surface area contributed by atoms with E-state index in [1.165, 1.54) is 25.8 Å². The molecule has 0 saturated heterocycles. The lowest BCUT2D eigenvalue weighted by Crippen LogP contribution is -2.06. The van der Waals surface area contributed by atoms with Crippen LogP contribution < -0.4 is 15.2 Å². The molecule has 0 amide bonds. The Morgan fingerprint density at radius 3 is 2.65 bits per heavy atom. The number of amidine groups is 1. The average Bonchev–Trinajstić information content (AvgIpc) is 2.62. The minimum Gasteiger partial charge on any atom is -0.493 e. The quantitative estimate of drug-likeness (QED) is 0.244. The van der Waals surface area contributed by atoms with Gasteiger partial charge >= 0.3 is 5.97 Å². The van der Waals surface area contributed by atoms with Crippen molar-refractivity contribution in [3.8, 4) is 11.5 Å². The van der Waals surface area contributed by atoms with Crippen LogP contribution >= 0.6 is 27.7 Å². The fourth-order valence-electron chi connectivity index (χ4n) is 1.95. The van der Waals surface area contributed by atoms with Crippen molar-refractivity contribution in [2.75, 3.05) is 7.11 Å². The number of methoxy groups -OCH3 is 1. The summed E-state index contributed by atoms with van der Waals surface area (Å²) in [6.45, 7) is 1.33. The number of rotatable bonds is 6. The summed E-state index contributed by atoms with van der Waals surface area (Å²) in [5, 5.41) is 8.35. The molecule has 0 aliphatic heterocycles. The summed E-state index contributed by atoms with van der Waals surface area (Å²) in [6, 6.07) is 13.3. The van der Waals surface area contributed by atoms with Gasteiger partial charge in [0.25, 0.3) is 0 Å². The summed E-state index contributed by atoms with van der Waals surface area (Å²) in [6.07, 6.45) is 1.54. The Hall–Kier alpha value is -2.32. The molecule has 0 aliphatic carbocycles. The number of thioether (sulfide) groups is 1. The number of halogens is 1. The van der Waals surface area contributed by atoms with E-state index in [-0.39, 0.29) is 0 Å². The Balaban J connectivity index is 2.05. The lowest BCUT2D eigenvalue weighted by atomic mass is 10.2. The molecule has 2 aromatic carbocycles. The highest BCUT2D eigenvalue weighted by atomic mass is 79.9. The van der Waals surface area contributed by atoms with Crippen molar-refractivity contribution < 1.29 is 14.3 Å². The summed E-state index contributed by atoms with van der Waals surface area (Å²) in [7, 11) is 1.49. The Labute approximate surface area is 164 Å². The third-order valence-corrected chi connectivity index (χ3v) is 4.66. The largest absolute Gasteiger partial charge is 0.493 e. The number of hydrogen-bond donors (Lipinski definition) is 1. The molecule has 26 heavy (non-hydrogen) atoms. The number of nitrogens with zero attached hydrogens (tertiary/aromatic N) is 2. The second kappa shape index (κ2) is 9.98. The van der Waals surface area contributed by atoms with E-state index in [2.05, 4.69) is 26.1 Å². The van der Waals surface area contributed by atoms with Crippen LogP contribution in [0.2, 0.25) is 0 Å². The first-order valence-corrected chi connectivity index (χ1v) is 9.36. The van der Waals surface area contributed by atoms with Crippen LogP contribution in [0, 0.1) is 0 Å². The van der Waals surface area contributed by atoms with Gasteiger partial charge < -0.3 is 15.2 Å². The summed E-state index contributed by atoms with van der Waals surface area (Å²) >= 11 is 4.81. The number of esters is 1. The minimum absolute atomic E-state index is 0.324. The third kappa shape index (κ3) is 6.20. The Kier molecular flexibility index (Phi) is 7.68. The van der Waals surface area contributed by atoms with Gasteiger partial charge in [-0.25, -0.2) is 0 Å². The first kappa shape index (κ1) is 20.0. The van der Waals surface area contributed by atoms with Crippen LogP contribution in [0.1, 0.15) is 18.1 Å². The summed E-state index contributed by atoms with van der Waals surface area (Å²) < 4.78 is 11.0. The van der Waals surface area contributed by atoms with Crippen LogP contribution in [0.4, 0.5) is 0 Å². The van der Waals surface area contributed by atoms with E-state index in [1.807, 2.05) is 30.3 Å². The molecule has 2 rings (SSSR count). The van der Waals surface area contributed by atoms with Crippen LogP contribution in [0.15, 0.2) is 57.1 Å². The normalized spacial score (nSPS) is 11.6. The van der Waals surface area contributed by atoms with E-state index < -0.39 is 5.97 Å². The van der Waals surface area contributed by atoms with Crippen molar-refractivity contribution in [1.82, 2.24) is 0 Å². The maximum absolute atomic E-state index is 11.1. The summed E-state index contributed by atoms with van der Waals surface area (Å²) in [5.74, 6) is 1.04. The maximum atomic E-state index is 11.1. The molecular weight excluding hydrogens is 418 g/mol. The van der Waals surface area contributed by atoms with E-state index in [4.69, 9.17) is 15.2 Å². The molecular formula is C18H18BrN3O3S. The van der Waals surface area contributed by atoms with Gasteiger partial charge in [-0.3, -0.25) is 4.79 Å². The monoisotopic (exact) mass is 435 g/mol. The lowest BCUT2D eigenvalue weighted by molar-refractivity contribution is -0.132. The molecule has 8 heteroatoms. The molecule has 2 aromatic rings. The first-order chi connectivity index (χ1) is 12.5. The number of carbonyl (C=O) groups excluding carboxylic acids is 1. The molecule has 136 valence electrons. The molecule has 0 fully saturated rings. The van der Waals surface area contributed by atoms with Crippen LogP contribution in [0.25, 0.3) is 0 Å². The van der Waals surface area contributed by atoms with Crippen molar-refractivity contribution >= 4 is 45.0 Å². The number of carbonyl (C=O) groups is 1. The van der Waals surface area contributed by atoms with Crippen LogP contribution in [-0.4, -0.2) is 24.5 Å². The van der Waals surface area contributed by atoms with Crippen molar-refractivity contribution in [1.29, 1.82) is 0 Å². The van der Waals surface area contributed by atoms with Crippen molar-refractivity contribution in [3.63, 3.8) is 0 Å². The van der Waals surface area contributed by atoms with Crippen molar-refractivity contribution in [2.24, 2.45) is 15.9 Å². The molecule has 0 atom stereocenters. The standard InChI is InChI=1S/C18H18BrN3O3S/c1-12(23)25-17-9-15(19)14(8-16(17)24-2)10-21-22-18(20)26-11-13-6-4-3-5-7-13/h3-10H,11H2,1-2H3,(H2,20,22). The van der Waals surface area contributed by atoms with Gasteiger partial charge in [0.15, 0.2) is 16.7 Å². The Morgan fingerprint density at radius 2 is 2.00 bits per heavy atom. The van der Waals surface area contributed by atoms with Crippen LogP contribution in [0.5, 0.6) is 11.5 Å². The third-order valence-electron chi connectivity index (χ3n) is 3.12. The van der Waals surface area contributed by atoms with Crippen molar-refractivity contribution in [3.05, 3.63) is 58.1 Å². The molecule has 0 unspecified atom stereocenters. The second-order valence-electron chi connectivity index (χ2n) is 5.08. The average molecular weight is 436 g/mol. The highest BCUT2D eigenvalue weighted by molar-refractivity contribution is 9.10. The molecule has 0 aliphatic rings. The number of nitrogens with two attached hydrogens (primary N) is 1. The predicted octanol–water partition coefficient (Wildman–Crippen LogP) is 3.97. The van der Waals surface area contributed by atoms with Crippen LogP contribution in [-0.2, 0) is 10.5 Å². The smallest absolute Gasteiger partial charge is 0.308 e. The SMILES string of the molecule is COc1cc(C=NN=C(N)SCc2ccccc2)c(Br)cc1OC(C)=O. The minimum atomic E-state index is -0.426. The van der Waals surface area contributed by atoms with Gasteiger partial charge in [-0.1, -0.05) is 42.1 Å². The molecule has 0 bridgehead atoms. The van der Waals surface area contributed by atoms with Gasteiger partial charge in [0.1, 0.15) is 0 Å². The fraction of sp³-hybridized carbons (Fsp3) is 0.167. The first-order valence-electron chi connectivity index (χ1n) is 7.58. The Morgan fingerprint density at radius 1 is 1.27 bits per heavy atom. The van der Waals surface area contributed by atoms with Gasteiger partial charge in [-0.15, -0.1) is 5.10 Å². The zero-order chi connectivity index (χ0) is 18.9. The maximum Gasteiger partial charge on any atom is 0.308 e. The van der Waals surface area contributed by atoms with E-state index in [1.54, 1.807) is 18.3 Å².